The third kappa shape index (κ3) is 1.79. The Labute approximate surface area is 128 Å². The summed E-state index contributed by atoms with van der Waals surface area (Å²) in [6.45, 7) is 0.472. The fraction of sp³-hybridized carbons (Fsp3) is 0.235. The number of rotatable bonds is 2. The molecular formula is C17H17N3O2. The average Bonchev–Trinajstić information content (AvgIpc) is 3.04. The lowest BCUT2D eigenvalue weighted by atomic mass is 9.84. The highest BCUT2D eigenvalue weighted by Crippen LogP contribution is 2.46. The second-order valence-electron chi connectivity index (χ2n) is 5.82. The van der Waals surface area contributed by atoms with Crippen molar-refractivity contribution in [2.45, 2.75) is 18.0 Å². The van der Waals surface area contributed by atoms with E-state index >= 15 is 0 Å². The SMILES string of the molecule is NCC1Nc2ccccc2C1C1NC(=O)c2ccc(O)cc21. The topological polar surface area (TPSA) is 87.4 Å². The predicted molar refractivity (Wildman–Crippen MR) is 84.0 cm³/mol. The number of aromatic hydroxyl groups is 1. The van der Waals surface area contributed by atoms with Crippen LogP contribution < -0.4 is 16.4 Å². The number of carbonyl (C=O) groups is 1. The summed E-state index contributed by atoms with van der Waals surface area (Å²) < 4.78 is 0. The van der Waals surface area contributed by atoms with Crippen LogP contribution in [-0.2, 0) is 0 Å². The summed E-state index contributed by atoms with van der Waals surface area (Å²) in [5.41, 5.74) is 9.61. The molecule has 0 fully saturated rings. The molecule has 0 bridgehead atoms. The van der Waals surface area contributed by atoms with Crippen LogP contribution >= 0.6 is 0 Å². The fourth-order valence-corrected chi connectivity index (χ4v) is 3.64. The number of para-hydroxylation sites is 1. The fourth-order valence-electron chi connectivity index (χ4n) is 3.64. The van der Waals surface area contributed by atoms with E-state index in [0.717, 1.165) is 16.8 Å². The monoisotopic (exact) mass is 295 g/mol. The van der Waals surface area contributed by atoms with Crippen molar-refractivity contribution < 1.29 is 9.90 Å². The van der Waals surface area contributed by atoms with Crippen molar-refractivity contribution in [1.29, 1.82) is 0 Å². The lowest BCUT2D eigenvalue weighted by Gasteiger charge is -2.26. The standard InChI is InChI=1S/C17H17N3O2/c18-8-14-15(11-3-1-2-4-13(11)19-14)16-12-7-9(21)5-6-10(12)17(22)20-16/h1-7,14-16,19,21H,8,18H2,(H,20,22). The van der Waals surface area contributed by atoms with E-state index in [1.54, 1.807) is 18.2 Å². The lowest BCUT2D eigenvalue weighted by molar-refractivity contribution is 0.0951. The number of benzene rings is 2. The van der Waals surface area contributed by atoms with E-state index in [0.29, 0.717) is 12.1 Å². The smallest absolute Gasteiger partial charge is 0.252 e. The molecule has 3 atom stereocenters. The summed E-state index contributed by atoms with van der Waals surface area (Å²) in [5, 5.41) is 16.3. The van der Waals surface area contributed by atoms with Crippen molar-refractivity contribution >= 4 is 11.6 Å². The molecule has 2 aliphatic rings. The van der Waals surface area contributed by atoms with Crippen molar-refractivity contribution in [3.8, 4) is 5.75 Å². The van der Waals surface area contributed by atoms with Gasteiger partial charge in [-0.05, 0) is 35.4 Å². The van der Waals surface area contributed by atoms with Gasteiger partial charge in [0.05, 0.1) is 6.04 Å². The van der Waals surface area contributed by atoms with Crippen molar-refractivity contribution in [1.82, 2.24) is 5.32 Å². The Morgan fingerprint density at radius 3 is 2.73 bits per heavy atom. The third-order valence-corrected chi connectivity index (χ3v) is 4.61. The number of nitrogens with one attached hydrogen (secondary N) is 2. The Hall–Kier alpha value is -2.53. The quantitative estimate of drug-likeness (QED) is 0.679. The van der Waals surface area contributed by atoms with Gasteiger partial charge in [0.2, 0.25) is 0 Å². The number of amides is 1. The van der Waals surface area contributed by atoms with Crippen LogP contribution in [0, 0.1) is 0 Å². The first-order valence-corrected chi connectivity index (χ1v) is 7.38. The minimum Gasteiger partial charge on any atom is -0.508 e. The van der Waals surface area contributed by atoms with E-state index in [2.05, 4.69) is 16.7 Å². The largest absolute Gasteiger partial charge is 0.508 e. The van der Waals surface area contributed by atoms with Gasteiger partial charge in [-0.2, -0.15) is 0 Å². The first kappa shape index (κ1) is 13.2. The second kappa shape index (κ2) is 4.74. The molecule has 112 valence electrons. The van der Waals surface area contributed by atoms with E-state index in [1.807, 2.05) is 18.2 Å². The van der Waals surface area contributed by atoms with E-state index < -0.39 is 0 Å². The predicted octanol–water partition coefficient (Wildman–Crippen LogP) is 1.71. The van der Waals surface area contributed by atoms with Gasteiger partial charge < -0.3 is 21.5 Å². The summed E-state index contributed by atoms with van der Waals surface area (Å²) in [7, 11) is 0. The van der Waals surface area contributed by atoms with Gasteiger partial charge in [0.1, 0.15) is 5.75 Å². The summed E-state index contributed by atoms with van der Waals surface area (Å²) in [6.07, 6.45) is 0. The molecule has 5 N–H and O–H groups in total. The van der Waals surface area contributed by atoms with Gasteiger partial charge in [0.25, 0.3) is 5.91 Å². The van der Waals surface area contributed by atoms with Crippen LogP contribution in [0.15, 0.2) is 42.5 Å². The van der Waals surface area contributed by atoms with Crippen LogP contribution in [0.3, 0.4) is 0 Å². The number of fused-ring (bicyclic) bond motifs is 2. The molecule has 4 rings (SSSR count). The third-order valence-electron chi connectivity index (χ3n) is 4.61. The Morgan fingerprint density at radius 1 is 1.09 bits per heavy atom. The van der Waals surface area contributed by atoms with Crippen molar-refractivity contribution in [2.75, 3.05) is 11.9 Å². The Morgan fingerprint density at radius 2 is 1.91 bits per heavy atom. The zero-order valence-corrected chi connectivity index (χ0v) is 11.9. The molecular weight excluding hydrogens is 278 g/mol. The van der Waals surface area contributed by atoms with Crippen molar-refractivity contribution in [3.05, 3.63) is 59.2 Å². The molecule has 3 unspecified atom stereocenters. The van der Waals surface area contributed by atoms with Crippen LogP contribution in [0.4, 0.5) is 5.69 Å². The molecule has 5 nitrogen and oxygen atoms in total. The average molecular weight is 295 g/mol. The maximum atomic E-state index is 12.2. The molecule has 2 aromatic rings. The second-order valence-corrected chi connectivity index (χ2v) is 5.82. The number of phenolic OH excluding ortho intramolecular Hbond substituents is 1. The van der Waals surface area contributed by atoms with Gasteiger partial charge in [-0.15, -0.1) is 0 Å². The van der Waals surface area contributed by atoms with E-state index in [1.165, 1.54) is 0 Å². The summed E-state index contributed by atoms with van der Waals surface area (Å²) in [4.78, 5) is 12.2. The van der Waals surface area contributed by atoms with Crippen LogP contribution in [0.1, 0.15) is 33.4 Å². The first-order chi connectivity index (χ1) is 10.7. The van der Waals surface area contributed by atoms with Gasteiger partial charge in [-0.25, -0.2) is 0 Å². The maximum Gasteiger partial charge on any atom is 0.252 e. The van der Waals surface area contributed by atoms with Gasteiger partial charge in [0.15, 0.2) is 0 Å². The molecule has 0 aliphatic carbocycles. The highest BCUT2D eigenvalue weighted by molar-refractivity contribution is 5.99. The molecule has 0 aromatic heterocycles. The number of hydrogen-bond donors (Lipinski definition) is 4. The summed E-state index contributed by atoms with van der Waals surface area (Å²) in [5.74, 6) is 0.122. The zero-order valence-electron chi connectivity index (χ0n) is 11.9. The zero-order chi connectivity index (χ0) is 15.3. The van der Waals surface area contributed by atoms with Crippen LogP contribution in [0.2, 0.25) is 0 Å². The highest BCUT2D eigenvalue weighted by atomic mass is 16.3. The molecule has 0 saturated heterocycles. The van der Waals surface area contributed by atoms with E-state index in [-0.39, 0.29) is 29.7 Å². The van der Waals surface area contributed by atoms with Gasteiger partial charge >= 0.3 is 0 Å². The van der Waals surface area contributed by atoms with Crippen LogP contribution in [0.25, 0.3) is 0 Å². The molecule has 22 heavy (non-hydrogen) atoms. The minimum atomic E-state index is -0.181. The number of nitrogens with two attached hydrogens (primary N) is 1. The molecule has 2 aliphatic heterocycles. The Bertz CT molecular complexity index is 759. The summed E-state index contributed by atoms with van der Waals surface area (Å²) >= 11 is 0. The van der Waals surface area contributed by atoms with Crippen molar-refractivity contribution in [3.63, 3.8) is 0 Å². The van der Waals surface area contributed by atoms with Gasteiger partial charge in [-0.1, -0.05) is 18.2 Å². The van der Waals surface area contributed by atoms with Crippen molar-refractivity contribution in [2.24, 2.45) is 5.73 Å². The van der Waals surface area contributed by atoms with Crippen LogP contribution in [0.5, 0.6) is 5.75 Å². The number of hydrogen-bond acceptors (Lipinski definition) is 4. The van der Waals surface area contributed by atoms with Crippen LogP contribution in [-0.4, -0.2) is 23.6 Å². The number of carbonyl (C=O) groups excluding carboxylic acids is 1. The number of anilines is 1. The Balaban J connectivity index is 1.83. The molecule has 2 heterocycles. The molecule has 5 heteroatoms. The lowest BCUT2D eigenvalue weighted by Crippen LogP contribution is -2.36. The molecule has 0 saturated carbocycles. The normalized spacial score (nSPS) is 25.3. The van der Waals surface area contributed by atoms with E-state index in [4.69, 9.17) is 5.73 Å². The minimum absolute atomic E-state index is 0.0493. The maximum absolute atomic E-state index is 12.2. The molecule has 0 radical (unpaired) electrons. The highest BCUT2D eigenvalue weighted by Gasteiger charge is 2.42. The first-order valence-electron chi connectivity index (χ1n) is 7.38. The molecule has 0 spiro atoms. The molecule has 2 aromatic carbocycles. The molecule has 1 amide bonds. The number of phenols is 1. The summed E-state index contributed by atoms with van der Waals surface area (Å²) in [6, 6.07) is 12.8. The van der Waals surface area contributed by atoms with E-state index in [9.17, 15) is 9.90 Å². The van der Waals surface area contributed by atoms with Gasteiger partial charge in [-0.3, -0.25) is 4.79 Å². The van der Waals surface area contributed by atoms with Gasteiger partial charge in [0, 0.05) is 29.8 Å². The Kier molecular flexibility index (Phi) is 2.84.